The van der Waals surface area contributed by atoms with E-state index in [1.807, 2.05) is 4.72 Å². The van der Waals surface area contributed by atoms with Gasteiger partial charge in [-0.3, -0.25) is 14.9 Å². The van der Waals surface area contributed by atoms with E-state index in [0.29, 0.717) is 12.1 Å². The number of carboxylic acids is 1. The molecule has 0 radical (unpaired) electrons. The van der Waals surface area contributed by atoms with Crippen LogP contribution in [0.4, 0.5) is 10.1 Å². The van der Waals surface area contributed by atoms with E-state index in [1.54, 1.807) is 0 Å². The molecule has 1 aromatic carbocycles. The Labute approximate surface area is 131 Å². The summed E-state index contributed by atoms with van der Waals surface area (Å²) < 4.78 is 44.6. The van der Waals surface area contributed by atoms with Gasteiger partial charge in [0.15, 0.2) is 5.82 Å². The Kier molecular flexibility index (Phi) is 5.61. The van der Waals surface area contributed by atoms with Gasteiger partial charge in [0, 0.05) is 6.07 Å². The van der Waals surface area contributed by atoms with Gasteiger partial charge >= 0.3 is 11.7 Å². The number of methoxy groups -OCH3 is 1. The first-order valence-electron chi connectivity index (χ1n) is 6.28. The van der Waals surface area contributed by atoms with Gasteiger partial charge in [-0.15, -0.1) is 0 Å². The molecule has 0 saturated heterocycles. The van der Waals surface area contributed by atoms with Crippen molar-refractivity contribution in [2.45, 2.75) is 24.8 Å². The van der Waals surface area contributed by atoms with Crippen molar-refractivity contribution in [2.24, 2.45) is 5.92 Å². The van der Waals surface area contributed by atoms with E-state index >= 15 is 0 Å². The number of rotatable bonds is 7. The average Bonchev–Trinajstić information content (AvgIpc) is 2.43. The lowest BCUT2D eigenvalue weighted by molar-refractivity contribution is -0.386. The summed E-state index contributed by atoms with van der Waals surface area (Å²) >= 11 is 0. The minimum Gasteiger partial charge on any atom is -0.488 e. The molecule has 0 heterocycles. The Morgan fingerprint density at radius 3 is 2.39 bits per heavy atom. The summed E-state index contributed by atoms with van der Waals surface area (Å²) in [4.78, 5) is 20.2. The van der Waals surface area contributed by atoms with E-state index in [4.69, 9.17) is 5.11 Å². The Balaban J connectivity index is 3.39. The van der Waals surface area contributed by atoms with Crippen molar-refractivity contribution in [1.29, 1.82) is 0 Å². The lowest BCUT2D eigenvalue weighted by atomic mass is 10.1. The first kappa shape index (κ1) is 18.8. The summed E-state index contributed by atoms with van der Waals surface area (Å²) in [6.45, 7) is 2.94. The van der Waals surface area contributed by atoms with Crippen molar-refractivity contribution in [3.63, 3.8) is 0 Å². The second-order valence-electron chi connectivity index (χ2n) is 4.90. The van der Waals surface area contributed by atoms with Gasteiger partial charge in [-0.25, -0.2) is 12.8 Å². The molecule has 0 spiro atoms. The van der Waals surface area contributed by atoms with E-state index in [-0.39, 0.29) is 0 Å². The highest BCUT2D eigenvalue weighted by atomic mass is 32.2. The lowest BCUT2D eigenvalue weighted by Crippen LogP contribution is -2.44. The van der Waals surface area contributed by atoms with Crippen molar-refractivity contribution < 1.29 is 32.4 Å². The summed E-state index contributed by atoms with van der Waals surface area (Å²) in [5.74, 6) is -3.99. The lowest BCUT2D eigenvalue weighted by Gasteiger charge is -2.18. The molecule has 0 saturated carbocycles. The quantitative estimate of drug-likeness (QED) is 0.555. The zero-order valence-corrected chi connectivity index (χ0v) is 13.3. The number of hydrogen-bond donors (Lipinski definition) is 2. The molecule has 128 valence electrons. The van der Waals surface area contributed by atoms with E-state index in [2.05, 4.69) is 4.74 Å². The second-order valence-corrected chi connectivity index (χ2v) is 6.61. The van der Waals surface area contributed by atoms with Crippen LogP contribution in [-0.4, -0.2) is 37.6 Å². The summed E-state index contributed by atoms with van der Waals surface area (Å²) in [6.07, 6.45) is 0. The molecular weight excluding hydrogens is 335 g/mol. The number of nitro benzene ring substituents is 1. The fraction of sp³-hybridized carbons (Fsp3) is 0.417. The third-order valence-corrected chi connectivity index (χ3v) is 4.34. The molecule has 1 aromatic rings. The number of ether oxygens (including phenoxy) is 1. The minimum absolute atomic E-state index is 0.521. The van der Waals surface area contributed by atoms with Crippen molar-refractivity contribution >= 4 is 21.7 Å². The van der Waals surface area contributed by atoms with Gasteiger partial charge in [-0.1, -0.05) is 13.8 Å². The van der Waals surface area contributed by atoms with E-state index < -0.39 is 55.0 Å². The zero-order chi connectivity index (χ0) is 17.9. The molecular formula is C12H15FN2O7S. The van der Waals surface area contributed by atoms with E-state index in [1.165, 1.54) is 13.8 Å². The number of hydrogen-bond acceptors (Lipinski definition) is 6. The molecule has 23 heavy (non-hydrogen) atoms. The van der Waals surface area contributed by atoms with Gasteiger partial charge < -0.3 is 9.84 Å². The van der Waals surface area contributed by atoms with Gasteiger partial charge in [0.1, 0.15) is 6.04 Å². The van der Waals surface area contributed by atoms with Crippen LogP contribution < -0.4 is 9.46 Å². The van der Waals surface area contributed by atoms with Crippen LogP contribution in [-0.2, 0) is 14.8 Å². The molecule has 11 heteroatoms. The predicted molar refractivity (Wildman–Crippen MR) is 76.2 cm³/mol. The second kappa shape index (κ2) is 6.87. The number of nitrogens with zero attached hydrogens (tertiary/aromatic N) is 1. The van der Waals surface area contributed by atoms with E-state index in [9.17, 15) is 27.7 Å². The first-order chi connectivity index (χ1) is 10.5. The maximum absolute atomic E-state index is 13.8. The maximum Gasteiger partial charge on any atom is 0.322 e. The summed E-state index contributed by atoms with van der Waals surface area (Å²) in [6, 6.07) is -0.346. The smallest absolute Gasteiger partial charge is 0.322 e. The van der Waals surface area contributed by atoms with Crippen LogP contribution in [0.15, 0.2) is 17.0 Å². The Bertz CT molecular complexity index is 733. The monoisotopic (exact) mass is 350 g/mol. The molecule has 0 aliphatic carbocycles. The molecule has 1 atom stereocenters. The van der Waals surface area contributed by atoms with Gasteiger partial charge in [0.2, 0.25) is 15.8 Å². The van der Waals surface area contributed by atoms with Crippen molar-refractivity contribution in [1.82, 2.24) is 4.72 Å². The number of nitrogens with one attached hydrogen (secondary N) is 1. The fourth-order valence-corrected chi connectivity index (χ4v) is 3.12. The number of benzene rings is 1. The molecule has 0 aliphatic rings. The first-order valence-corrected chi connectivity index (χ1v) is 7.76. The topological polar surface area (TPSA) is 136 Å². The zero-order valence-electron chi connectivity index (χ0n) is 12.4. The van der Waals surface area contributed by atoms with Crippen LogP contribution in [0.5, 0.6) is 5.75 Å². The molecule has 0 aromatic heterocycles. The van der Waals surface area contributed by atoms with Gasteiger partial charge in [0.05, 0.1) is 16.9 Å². The van der Waals surface area contributed by atoms with E-state index in [0.717, 1.165) is 7.11 Å². The number of carboxylic acid groups (broad SMARTS) is 1. The number of sulfonamides is 1. The Hall–Kier alpha value is -2.27. The van der Waals surface area contributed by atoms with Crippen LogP contribution >= 0.6 is 0 Å². The highest BCUT2D eigenvalue weighted by molar-refractivity contribution is 7.89. The maximum atomic E-state index is 13.8. The Morgan fingerprint density at radius 1 is 1.43 bits per heavy atom. The molecule has 2 N–H and O–H groups in total. The van der Waals surface area contributed by atoms with Crippen molar-refractivity contribution in [2.75, 3.05) is 7.11 Å². The average molecular weight is 350 g/mol. The van der Waals surface area contributed by atoms with Crippen LogP contribution in [0.2, 0.25) is 0 Å². The van der Waals surface area contributed by atoms with Gasteiger partial charge in [0.25, 0.3) is 0 Å². The molecule has 9 nitrogen and oxygen atoms in total. The molecule has 0 amide bonds. The third-order valence-electron chi connectivity index (χ3n) is 2.92. The number of halogens is 1. The summed E-state index contributed by atoms with van der Waals surface area (Å²) in [5.41, 5.74) is -0.885. The summed E-state index contributed by atoms with van der Waals surface area (Å²) in [5, 5.41) is 19.9. The third kappa shape index (κ3) is 4.13. The standard InChI is InChI=1S/C12H15FN2O7S/c1-6(2)10(12(16)17)14-23(20,21)7-4-8(13)11(22-3)9(5-7)15(18)19/h4-6,10,14H,1-3H3,(H,16,17). The van der Waals surface area contributed by atoms with Crippen LogP contribution in [0.25, 0.3) is 0 Å². The molecule has 0 bridgehead atoms. The molecule has 1 unspecified atom stereocenters. The van der Waals surface area contributed by atoms with Crippen LogP contribution in [0, 0.1) is 21.8 Å². The van der Waals surface area contributed by atoms with Crippen molar-refractivity contribution in [3.05, 3.63) is 28.1 Å². The summed E-state index contributed by atoms with van der Waals surface area (Å²) in [7, 11) is -3.49. The number of aliphatic carboxylic acids is 1. The van der Waals surface area contributed by atoms with Crippen LogP contribution in [0.3, 0.4) is 0 Å². The minimum atomic E-state index is -4.48. The number of carbonyl (C=O) groups is 1. The SMILES string of the molecule is COc1c(F)cc(S(=O)(=O)NC(C(=O)O)C(C)C)cc1[N+](=O)[O-]. The molecule has 1 rings (SSSR count). The van der Waals surface area contributed by atoms with Gasteiger partial charge in [-0.05, 0) is 12.0 Å². The van der Waals surface area contributed by atoms with Crippen LogP contribution in [0.1, 0.15) is 13.8 Å². The highest BCUT2D eigenvalue weighted by Crippen LogP contribution is 2.32. The number of nitro groups is 1. The highest BCUT2D eigenvalue weighted by Gasteiger charge is 2.31. The van der Waals surface area contributed by atoms with Crippen molar-refractivity contribution in [3.8, 4) is 5.75 Å². The normalized spacial score (nSPS) is 12.9. The molecule has 0 aliphatic heterocycles. The van der Waals surface area contributed by atoms with Gasteiger partial charge in [-0.2, -0.15) is 4.72 Å². The fourth-order valence-electron chi connectivity index (χ4n) is 1.75. The predicted octanol–water partition coefficient (Wildman–Crippen LogP) is 1.13. The Morgan fingerprint density at radius 2 is 2.00 bits per heavy atom. The largest absolute Gasteiger partial charge is 0.488 e. The molecule has 0 fully saturated rings.